The molecule has 0 aromatic carbocycles. The zero-order valence-corrected chi connectivity index (χ0v) is 6.38. The van der Waals surface area contributed by atoms with Crippen molar-refractivity contribution in [3.8, 4) is 0 Å². The molecule has 1 radical (unpaired) electrons. The third-order valence-corrected chi connectivity index (χ3v) is 1.47. The van der Waals surface area contributed by atoms with Crippen molar-refractivity contribution in [2.24, 2.45) is 0 Å². The molecule has 1 heterocycles. The lowest BCUT2D eigenvalue weighted by molar-refractivity contribution is 0.539. The van der Waals surface area contributed by atoms with Gasteiger partial charge in [-0.1, -0.05) is 17.7 Å². The van der Waals surface area contributed by atoms with Gasteiger partial charge in [0.1, 0.15) is 5.50 Å². The lowest BCUT2D eigenvalue weighted by Crippen LogP contribution is -2.14. The van der Waals surface area contributed by atoms with Crippen LogP contribution in [0, 0.1) is 0 Å². The molecule has 0 bridgehead atoms. The van der Waals surface area contributed by atoms with Crippen LogP contribution in [0.5, 0.6) is 0 Å². The smallest absolute Gasteiger partial charge is 0.310 e. The molecule has 1 amide bonds. The van der Waals surface area contributed by atoms with Gasteiger partial charge in [0.2, 0.25) is 0 Å². The van der Waals surface area contributed by atoms with Crippen LogP contribution in [0.25, 0.3) is 0 Å². The second kappa shape index (κ2) is 3.93. The molecule has 0 fully saturated rings. The van der Waals surface area contributed by atoms with Crippen LogP contribution >= 0.6 is 11.6 Å². The van der Waals surface area contributed by atoms with Gasteiger partial charge in [0.15, 0.2) is 0 Å². The number of halogens is 1. The third-order valence-electron chi connectivity index (χ3n) is 1.13. The Bertz CT molecular complexity index is 227. The zero-order chi connectivity index (χ0) is 8.10. The molecule has 4 heteroatoms. The van der Waals surface area contributed by atoms with Crippen molar-refractivity contribution in [2.45, 2.75) is 5.50 Å². The van der Waals surface area contributed by atoms with E-state index in [0.29, 0.717) is 5.69 Å². The molecule has 0 saturated heterocycles. The van der Waals surface area contributed by atoms with Crippen LogP contribution in [-0.2, 0) is 4.79 Å². The molecular weight excluding hydrogens is 164 g/mol. The molecule has 1 N–H and O–H groups in total. The summed E-state index contributed by atoms with van der Waals surface area (Å²) in [5.41, 5.74) is 0.0196. The Balaban J connectivity index is 2.68. The van der Waals surface area contributed by atoms with Gasteiger partial charge < -0.3 is 5.32 Å². The molecule has 0 aliphatic heterocycles. The molecule has 0 aliphatic carbocycles. The Morgan fingerprint density at radius 1 is 1.64 bits per heavy atom. The highest BCUT2D eigenvalue weighted by Gasteiger charge is 2.05. The van der Waals surface area contributed by atoms with Gasteiger partial charge in [-0.3, -0.25) is 9.78 Å². The van der Waals surface area contributed by atoms with E-state index in [4.69, 9.17) is 11.6 Å². The summed E-state index contributed by atoms with van der Waals surface area (Å²) in [5, 5.41) is 2.26. The molecule has 1 aromatic heterocycles. The minimum Gasteiger partial charge on any atom is -0.326 e. The third kappa shape index (κ3) is 2.20. The summed E-state index contributed by atoms with van der Waals surface area (Å²) in [6.45, 7) is 0. The fourth-order valence-corrected chi connectivity index (χ4v) is 0.825. The van der Waals surface area contributed by atoms with E-state index in [2.05, 4.69) is 10.3 Å². The van der Waals surface area contributed by atoms with Gasteiger partial charge in [0.05, 0.1) is 5.69 Å². The maximum absolute atomic E-state index is 9.84. The summed E-state index contributed by atoms with van der Waals surface area (Å²) < 4.78 is 0. The van der Waals surface area contributed by atoms with Crippen molar-refractivity contribution in [1.82, 2.24) is 10.3 Å². The molecule has 0 aliphatic rings. The van der Waals surface area contributed by atoms with E-state index < -0.39 is 5.50 Å². The van der Waals surface area contributed by atoms with Gasteiger partial charge in [-0.2, -0.15) is 0 Å². The van der Waals surface area contributed by atoms with Gasteiger partial charge in [0.25, 0.3) is 0 Å². The quantitative estimate of drug-likeness (QED) is 0.416. The fourth-order valence-electron chi connectivity index (χ4n) is 0.652. The average Bonchev–Trinajstić information content (AvgIpc) is 2.07. The highest BCUT2D eigenvalue weighted by atomic mass is 35.5. The van der Waals surface area contributed by atoms with Gasteiger partial charge >= 0.3 is 6.41 Å². The minimum atomic E-state index is -0.589. The van der Waals surface area contributed by atoms with Crippen molar-refractivity contribution in [1.29, 1.82) is 0 Å². The van der Waals surface area contributed by atoms with Crippen LogP contribution in [0.1, 0.15) is 11.2 Å². The standard InChI is InChI=1S/C7H6ClN2O/c8-7(10-5-11)6-3-1-2-4-9-6/h1-4,7H,(H,10,11). The van der Waals surface area contributed by atoms with E-state index in [-0.39, 0.29) is 0 Å². The zero-order valence-electron chi connectivity index (χ0n) is 5.62. The van der Waals surface area contributed by atoms with Crippen molar-refractivity contribution >= 4 is 18.0 Å². The lowest BCUT2D eigenvalue weighted by atomic mass is 10.3. The number of nitrogens with zero attached hydrogens (tertiary/aromatic N) is 1. The molecule has 0 spiro atoms. The topological polar surface area (TPSA) is 42.0 Å². The van der Waals surface area contributed by atoms with Crippen molar-refractivity contribution in [3.63, 3.8) is 0 Å². The van der Waals surface area contributed by atoms with E-state index in [1.807, 2.05) is 0 Å². The van der Waals surface area contributed by atoms with E-state index >= 15 is 0 Å². The highest BCUT2D eigenvalue weighted by molar-refractivity contribution is 6.20. The van der Waals surface area contributed by atoms with Crippen LogP contribution < -0.4 is 5.32 Å². The van der Waals surface area contributed by atoms with Crippen molar-refractivity contribution in [2.75, 3.05) is 0 Å². The molecule has 1 rings (SSSR count). The SMILES string of the molecule is O=[C]NC(Cl)c1ccccn1. The Labute approximate surface area is 69.4 Å². The molecule has 3 nitrogen and oxygen atoms in total. The number of aromatic nitrogens is 1. The molecule has 1 aromatic rings. The van der Waals surface area contributed by atoms with Gasteiger partial charge in [-0.15, -0.1) is 0 Å². The minimum absolute atomic E-state index is 0.589. The average molecular weight is 170 g/mol. The largest absolute Gasteiger partial charge is 0.326 e. The van der Waals surface area contributed by atoms with Gasteiger partial charge in [-0.25, -0.2) is 0 Å². The predicted molar refractivity (Wildman–Crippen MR) is 41.7 cm³/mol. The lowest BCUT2D eigenvalue weighted by Gasteiger charge is -2.04. The predicted octanol–water partition coefficient (Wildman–Crippen LogP) is 0.976. The first-order chi connectivity index (χ1) is 5.34. The molecule has 1 atom stereocenters. The normalized spacial score (nSPS) is 12.1. The molecular formula is C7H6ClN2O. The number of pyridine rings is 1. The Morgan fingerprint density at radius 2 is 2.45 bits per heavy atom. The summed E-state index contributed by atoms with van der Waals surface area (Å²) in [5.74, 6) is 0. The number of carbonyl (C=O) groups excluding carboxylic acids is 1. The number of hydrogen-bond donors (Lipinski definition) is 1. The first kappa shape index (κ1) is 8.01. The number of hydrogen-bond acceptors (Lipinski definition) is 2. The second-order valence-corrected chi connectivity index (χ2v) is 2.30. The van der Waals surface area contributed by atoms with E-state index in [1.165, 1.54) is 6.41 Å². The van der Waals surface area contributed by atoms with E-state index in [9.17, 15) is 4.79 Å². The number of rotatable bonds is 3. The van der Waals surface area contributed by atoms with Crippen molar-refractivity contribution < 1.29 is 4.79 Å². The fraction of sp³-hybridized carbons (Fsp3) is 0.143. The molecule has 57 valence electrons. The summed E-state index contributed by atoms with van der Waals surface area (Å²) in [4.78, 5) is 13.8. The number of amides is 1. The Kier molecular flexibility index (Phi) is 2.86. The molecule has 1 unspecified atom stereocenters. The van der Waals surface area contributed by atoms with E-state index in [1.54, 1.807) is 24.4 Å². The van der Waals surface area contributed by atoms with E-state index in [0.717, 1.165) is 0 Å². The monoisotopic (exact) mass is 169 g/mol. The van der Waals surface area contributed by atoms with Crippen LogP contribution in [-0.4, -0.2) is 11.4 Å². The summed E-state index contributed by atoms with van der Waals surface area (Å²) in [6.07, 6.45) is 3.10. The summed E-state index contributed by atoms with van der Waals surface area (Å²) >= 11 is 5.67. The Morgan fingerprint density at radius 3 is 3.00 bits per heavy atom. The molecule has 11 heavy (non-hydrogen) atoms. The van der Waals surface area contributed by atoms with Crippen LogP contribution in [0.2, 0.25) is 0 Å². The summed E-state index contributed by atoms with van der Waals surface area (Å²) in [6, 6.07) is 5.30. The summed E-state index contributed by atoms with van der Waals surface area (Å²) in [7, 11) is 0. The van der Waals surface area contributed by atoms with Gasteiger partial charge in [-0.05, 0) is 12.1 Å². The number of nitrogens with one attached hydrogen (secondary N) is 1. The highest BCUT2D eigenvalue weighted by Crippen LogP contribution is 2.11. The van der Waals surface area contributed by atoms with Crippen LogP contribution in [0.3, 0.4) is 0 Å². The first-order valence-corrected chi connectivity index (χ1v) is 3.46. The number of alkyl halides is 1. The molecule has 0 saturated carbocycles. The maximum Gasteiger partial charge on any atom is 0.310 e. The van der Waals surface area contributed by atoms with Gasteiger partial charge in [0, 0.05) is 6.20 Å². The maximum atomic E-state index is 9.84. The Hall–Kier alpha value is -1.09. The second-order valence-electron chi connectivity index (χ2n) is 1.86. The van der Waals surface area contributed by atoms with Crippen molar-refractivity contribution in [3.05, 3.63) is 30.1 Å². The first-order valence-electron chi connectivity index (χ1n) is 3.02. The van der Waals surface area contributed by atoms with Crippen LogP contribution in [0.15, 0.2) is 24.4 Å². The van der Waals surface area contributed by atoms with Crippen LogP contribution in [0.4, 0.5) is 0 Å².